The van der Waals surface area contributed by atoms with Crippen molar-refractivity contribution < 1.29 is 9.53 Å². The lowest BCUT2D eigenvalue weighted by molar-refractivity contribution is 0.0506. The van der Waals surface area contributed by atoms with E-state index in [1.807, 2.05) is 27.7 Å². The molecule has 1 rings (SSSR count). The highest BCUT2D eigenvalue weighted by Crippen LogP contribution is 2.17. The first-order valence-corrected chi connectivity index (χ1v) is 8.60. The van der Waals surface area contributed by atoms with E-state index in [1.165, 1.54) is 44.9 Å². The smallest absolute Gasteiger partial charge is 0.407 e. The Hall–Kier alpha value is -0.770. The summed E-state index contributed by atoms with van der Waals surface area (Å²) in [6, 6.07) is 0.805. The highest BCUT2D eigenvalue weighted by atomic mass is 16.6. The van der Waals surface area contributed by atoms with E-state index < -0.39 is 5.60 Å². The average Bonchev–Trinajstić information content (AvgIpc) is 2.28. The lowest BCUT2D eigenvalue weighted by Gasteiger charge is -2.24. The second-order valence-electron chi connectivity index (χ2n) is 7.33. The summed E-state index contributed by atoms with van der Waals surface area (Å²) in [5.41, 5.74) is -0.430. The van der Waals surface area contributed by atoms with Crippen molar-refractivity contribution in [2.75, 3.05) is 6.54 Å². The molecule has 0 saturated heterocycles. The Bertz CT molecular complexity index is 292. The number of carbonyl (C=O) groups excluding carboxylic acids is 1. The van der Waals surface area contributed by atoms with Crippen LogP contribution >= 0.6 is 0 Å². The monoisotopic (exact) mass is 298 g/mol. The van der Waals surface area contributed by atoms with Gasteiger partial charge in [-0.2, -0.15) is 0 Å². The number of alkyl carbamates (subject to hydrolysis) is 1. The van der Waals surface area contributed by atoms with E-state index in [4.69, 9.17) is 4.74 Å². The predicted octanol–water partition coefficient (Wildman–Crippen LogP) is 3.99. The quantitative estimate of drug-likeness (QED) is 0.807. The van der Waals surface area contributed by atoms with Crippen LogP contribution in [0.25, 0.3) is 0 Å². The molecule has 0 aliphatic heterocycles. The molecular weight excluding hydrogens is 264 g/mol. The molecule has 1 amide bonds. The zero-order valence-electron chi connectivity index (χ0n) is 14.3. The number of ether oxygens (including phenoxy) is 1. The Balaban J connectivity index is 2.14. The van der Waals surface area contributed by atoms with Crippen LogP contribution in [0.2, 0.25) is 0 Å². The fourth-order valence-corrected chi connectivity index (χ4v) is 2.75. The van der Waals surface area contributed by atoms with Crippen LogP contribution in [0.4, 0.5) is 4.79 Å². The van der Waals surface area contributed by atoms with Gasteiger partial charge < -0.3 is 15.4 Å². The van der Waals surface area contributed by atoms with Gasteiger partial charge in [0.15, 0.2) is 0 Å². The molecule has 1 aliphatic rings. The maximum Gasteiger partial charge on any atom is 0.407 e. The van der Waals surface area contributed by atoms with Crippen molar-refractivity contribution in [2.24, 2.45) is 0 Å². The van der Waals surface area contributed by atoms with Gasteiger partial charge in [0.25, 0.3) is 0 Å². The largest absolute Gasteiger partial charge is 0.444 e. The standard InChI is InChI=1S/C17H34N2O2/c1-14(19-16(20)21-17(2,3)4)12-13-18-15-10-8-6-5-7-9-11-15/h14-15,18H,5-13H2,1-4H3,(H,19,20). The van der Waals surface area contributed by atoms with Crippen molar-refractivity contribution in [2.45, 2.75) is 96.7 Å². The number of nitrogens with one attached hydrogen (secondary N) is 2. The zero-order chi connectivity index (χ0) is 15.7. The minimum atomic E-state index is -0.430. The summed E-state index contributed by atoms with van der Waals surface area (Å²) >= 11 is 0. The van der Waals surface area contributed by atoms with Crippen molar-refractivity contribution in [3.8, 4) is 0 Å². The first-order chi connectivity index (χ1) is 9.87. The van der Waals surface area contributed by atoms with Crippen LogP contribution < -0.4 is 10.6 Å². The Morgan fingerprint density at radius 3 is 2.29 bits per heavy atom. The van der Waals surface area contributed by atoms with Crippen LogP contribution in [0.1, 0.15) is 79.1 Å². The maximum absolute atomic E-state index is 11.7. The molecule has 1 unspecified atom stereocenters. The van der Waals surface area contributed by atoms with Crippen LogP contribution in [-0.4, -0.2) is 30.3 Å². The highest BCUT2D eigenvalue weighted by Gasteiger charge is 2.17. The van der Waals surface area contributed by atoms with Crippen molar-refractivity contribution >= 4 is 6.09 Å². The van der Waals surface area contributed by atoms with Crippen molar-refractivity contribution in [3.05, 3.63) is 0 Å². The molecule has 0 bridgehead atoms. The zero-order valence-corrected chi connectivity index (χ0v) is 14.3. The molecule has 1 aliphatic carbocycles. The van der Waals surface area contributed by atoms with Gasteiger partial charge in [-0.05, 0) is 53.5 Å². The molecule has 0 heterocycles. The van der Waals surface area contributed by atoms with Gasteiger partial charge in [0.05, 0.1) is 0 Å². The molecule has 0 aromatic heterocycles. The number of hydrogen-bond acceptors (Lipinski definition) is 3. The topological polar surface area (TPSA) is 50.4 Å². The molecule has 124 valence electrons. The SMILES string of the molecule is CC(CCNC1CCCCCCC1)NC(=O)OC(C)(C)C. The summed E-state index contributed by atoms with van der Waals surface area (Å²) in [5, 5.41) is 6.54. The molecule has 1 saturated carbocycles. The summed E-state index contributed by atoms with van der Waals surface area (Å²) in [7, 11) is 0. The summed E-state index contributed by atoms with van der Waals surface area (Å²) < 4.78 is 5.26. The molecule has 21 heavy (non-hydrogen) atoms. The molecule has 0 radical (unpaired) electrons. The van der Waals surface area contributed by atoms with E-state index in [9.17, 15) is 4.79 Å². The lowest BCUT2D eigenvalue weighted by Crippen LogP contribution is -2.40. The van der Waals surface area contributed by atoms with E-state index in [2.05, 4.69) is 10.6 Å². The van der Waals surface area contributed by atoms with Gasteiger partial charge in [-0.1, -0.05) is 32.1 Å². The van der Waals surface area contributed by atoms with Crippen LogP contribution in [0.5, 0.6) is 0 Å². The van der Waals surface area contributed by atoms with E-state index in [1.54, 1.807) is 0 Å². The molecule has 4 nitrogen and oxygen atoms in total. The summed E-state index contributed by atoms with van der Waals surface area (Å²) in [5.74, 6) is 0. The van der Waals surface area contributed by atoms with E-state index >= 15 is 0 Å². The minimum Gasteiger partial charge on any atom is -0.444 e. The first-order valence-electron chi connectivity index (χ1n) is 8.60. The molecule has 0 aromatic carbocycles. The summed E-state index contributed by atoms with van der Waals surface area (Å²) in [6.45, 7) is 8.64. The molecule has 4 heteroatoms. The number of amides is 1. The van der Waals surface area contributed by atoms with Crippen molar-refractivity contribution in [1.29, 1.82) is 0 Å². The average molecular weight is 298 g/mol. The third-order valence-electron chi connectivity index (χ3n) is 3.88. The second-order valence-corrected chi connectivity index (χ2v) is 7.33. The molecule has 0 spiro atoms. The predicted molar refractivity (Wildman–Crippen MR) is 87.6 cm³/mol. The van der Waals surface area contributed by atoms with Gasteiger partial charge in [0, 0.05) is 12.1 Å². The fraction of sp³-hybridized carbons (Fsp3) is 0.941. The van der Waals surface area contributed by atoms with Crippen molar-refractivity contribution in [3.63, 3.8) is 0 Å². The van der Waals surface area contributed by atoms with Crippen LogP contribution in [0, 0.1) is 0 Å². The maximum atomic E-state index is 11.7. The fourth-order valence-electron chi connectivity index (χ4n) is 2.75. The number of carbonyl (C=O) groups is 1. The third kappa shape index (κ3) is 9.72. The highest BCUT2D eigenvalue weighted by molar-refractivity contribution is 5.67. The van der Waals surface area contributed by atoms with Crippen LogP contribution in [-0.2, 0) is 4.74 Å². The summed E-state index contributed by atoms with van der Waals surface area (Å²) in [6.07, 6.45) is 10.1. The lowest BCUT2D eigenvalue weighted by atomic mass is 9.96. The third-order valence-corrected chi connectivity index (χ3v) is 3.88. The van der Waals surface area contributed by atoms with E-state index in [-0.39, 0.29) is 12.1 Å². The van der Waals surface area contributed by atoms with E-state index in [0.29, 0.717) is 6.04 Å². The van der Waals surface area contributed by atoms with E-state index in [0.717, 1.165) is 13.0 Å². The Labute approximate surface area is 130 Å². The van der Waals surface area contributed by atoms with Gasteiger partial charge in [0.1, 0.15) is 5.60 Å². The molecule has 2 N–H and O–H groups in total. The van der Waals surface area contributed by atoms with Crippen molar-refractivity contribution in [1.82, 2.24) is 10.6 Å². The Morgan fingerprint density at radius 1 is 1.14 bits per heavy atom. The van der Waals surface area contributed by atoms with Gasteiger partial charge in [-0.3, -0.25) is 0 Å². The minimum absolute atomic E-state index is 0.140. The summed E-state index contributed by atoms with van der Waals surface area (Å²) in [4.78, 5) is 11.7. The van der Waals surface area contributed by atoms with Gasteiger partial charge in [-0.25, -0.2) is 4.79 Å². The Morgan fingerprint density at radius 2 is 1.71 bits per heavy atom. The number of rotatable bonds is 5. The Kier molecular flexibility index (Phi) is 8.09. The first kappa shape index (κ1) is 18.3. The van der Waals surface area contributed by atoms with Crippen LogP contribution in [0.15, 0.2) is 0 Å². The van der Waals surface area contributed by atoms with Gasteiger partial charge in [0.2, 0.25) is 0 Å². The van der Waals surface area contributed by atoms with Gasteiger partial charge >= 0.3 is 6.09 Å². The molecule has 0 aromatic rings. The van der Waals surface area contributed by atoms with Gasteiger partial charge in [-0.15, -0.1) is 0 Å². The van der Waals surface area contributed by atoms with Crippen LogP contribution in [0.3, 0.4) is 0 Å². The second kappa shape index (κ2) is 9.29. The molecule has 1 fully saturated rings. The molecular formula is C17H34N2O2. The normalized spacial score (nSPS) is 19.4. The molecule has 1 atom stereocenters. The number of hydrogen-bond donors (Lipinski definition) is 2.